The van der Waals surface area contributed by atoms with E-state index in [-0.39, 0.29) is 19.4 Å². The van der Waals surface area contributed by atoms with E-state index in [4.69, 9.17) is 10.4 Å². The largest absolute Gasteiger partial charge is 0.395 e. The number of hydrogen-bond acceptors (Lipinski definition) is 2. The third-order valence-electron chi connectivity index (χ3n) is 2.63. The quantitative estimate of drug-likeness (QED) is 0.737. The summed E-state index contributed by atoms with van der Waals surface area (Å²) in [6, 6.07) is 1.83. The molecule has 2 nitrogen and oxygen atoms in total. The number of aliphatic hydroxyl groups is 1. The Balaban J connectivity index is 2.49. The van der Waals surface area contributed by atoms with Gasteiger partial charge in [-0.05, 0) is 19.3 Å². The molecule has 2 atom stereocenters. The summed E-state index contributed by atoms with van der Waals surface area (Å²) in [6.45, 7) is -0.316. The summed E-state index contributed by atoms with van der Waals surface area (Å²) in [4.78, 5) is 0. The zero-order valence-corrected chi connectivity index (χ0v) is 7.34. The summed E-state index contributed by atoms with van der Waals surface area (Å²) in [6.07, 6.45) is 1.06. The third-order valence-corrected chi connectivity index (χ3v) is 2.63. The van der Waals surface area contributed by atoms with Crippen molar-refractivity contribution in [3.8, 4) is 6.07 Å². The Morgan fingerprint density at radius 2 is 2.31 bits per heavy atom. The Kier molecular flexibility index (Phi) is 3.21. The van der Waals surface area contributed by atoms with E-state index in [2.05, 4.69) is 0 Å². The Bertz CT molecular complexity index is 212. The van der Waals surface area contributed by atoms with E-state index in [0.29, 0.717) is 12.8 Å². The second-order valence-electron chi connectivity index (χ2n) is 3.59. The molecule has 0 aromatic rings. The Hall–Kier alpha value is -0.690. The molecule has 74 valence electrons. The molecule has 0 aromatic carbocycles. The van der Waals surface area contributed by atoms with Crippen LogP contribution in [0.25, 0.3) is 0 Å². The molecule has 1 N–H and O–H groups in total. The van der Waals surface area contributed by atoms with Crippen LogP contribution in [0.2, 0.25) is 0 Å². The van der Waals surface area contributed by atoms with Crippen molar-refractivity contribution in [3.05, 3.63) is 0 Å². The highest BCUT2D eigenvalue weighted by Crippen LogP contribution is 2.43. The van der Waals surface area contributed by atoms with Gasteiger partial charge in [-0.3, -0.25) is 0 Å². The molecular formula is C9H13F2NO. The molecule has 0 aromatic heterocycles. The van der Waals surface area contributed by atoms with Crippen molar-refractivity contribution in [2.45, 2.75) is 31.6 Å². The third kappa shape index (κ3) is 2.38. The van der Waals surface area contributed by atoms with Crippen LogP contribution in [0.15, 0.2) is 0 Å². The number of rotatable bonds is 3. The number of nitriles is 1. The van der Waals surface area contributed by atoms with E-state index >= 15 is 0 Å². The molecule has 1 saturated carbocycles. The van der Waals surface area contributed by atoms with Gasteiger partial charge >= 0.3 is 0 Å². The topological polar surface area (TPSA) is 44.0 Å². The van der Waals surface area contributed by atoms with Gasteiger partial charge in [0.2, 0.25) is 0 Å². The van der Waals surface area contributed by atoms with Crippen LogP contribution in [0.1, 0.15) is 25.7 Å². The second-order valence-corrected chi connectivity index (χ2v) is 3.59. The SMILES string of the molecule is N#CC(CO)CC1CCCC1(F)F. The van der Waals surface area contributed by atoms with E-state index in [9.17, 15) is 8.78 Å². The Morgan fingerprint density at radius 3 is 2.69 bits per heavy atom. The summed E-state index contributed by atoms with van der Waals surface area (Å²) in [5, 5.41) is 17.2. The van der Waals surface area contributed by atoms with Gasteiger partial charge in [0.25, 0.3) is 5.92 Å². The summed E-state index contributed by atoms with van der Waals surface area (Å²) < 4.78 is 26.1. The van der Waals surface area contributed by atoms with Gasteiger partial charge in [-0.1, -0.05) is 0 Å². The van der Waals surface area contributed by atoms with Gasteiger partial charge in [0.15, 0.2) is 0 Å². The predicted molar refractivity (Wildman–Crippen MR) is 43.1 cm³/mol. The molecule has 13 heavy (non-hydrogen) atoms. The second kappa shape index (κ2) is 4.01. The van der Waals surface area contributed by atoms with E-state index in [0.717, 1.165) is 0 Å². The minimum absolute atomic E-state index is 0.0682. The Morgan fingerprint density at radius 1 is 1.62 bits per heavy atom. The van der Waals surface area contributed by atoms with Crippen LogP contribution < -0.4 is 0 Å². The number of alkyl halides is 2. The van der Waals surface area contributed by atoms with Crippen LogP contribution in [0.3, 0.4) is 0 Å². The maximum absolute atomic E-state index is 13.1. The molecule has 2 unspecified atom stereocenters. The molecular weight excluding hydrogens is 176 g/mol. The number of hydrogen-bond donors (Lipinski definition) is 1. The molecule has 0 saturated heterocycles. The lowest BCUT2D eigenvalue weighted by Crippen LogP contribution is -2.24. The van der Waals surface area contributed by atoms with E-state index in [1.807, 2.05) is 6.07 Å². The van der Waals surface area contributed by atoms with Crippen LogP contribution in [0.4, 0.5) is 8.78 Å². The first-order chi connectivity index (χ1) is 6.10. The minimum atomic E-state index is -2.62. The van der Waals surface area contributed by atoms with E-state index < -0.39 is 17.8 Å². The van der Waals surface area contributed by atoms with Crippen molar-refractivity contribution < 1.29 is 13.9 Å². The minimum Gasteiger partial charge on any atom is -0.395 e. The molecule has 0 spiro atoms. The highest BCUT2D eigenvalue weighted by molar-refractivity contribution is 4.91. The molecule has 0 heterocycles. The lowest BCUT2D eigenvalue weighted by atomic mass is 9.93. The first-order valence-electron chi connectivity index (χ1n) is 4.48. The monoisotopic (exact) mass is 189 g/mol. The fraction of sp³-hybridized carbons (Fsp3) is 0.889. The molecule has 1 fully saturated rings. The van der Waals surface area contributed by atoms with Gasteiger partial charge < -0.3 is 5.11 Å². The highest BCUT2D eigenvalue weighted by atomic mass is 19.3. The maximum Gasteiger partial charge on any atom is 0.250 e. The van der Waals surface area contributed by atoms with Crippen molar-refractivity contribution in [1.82, 2.24) is 0 Å². The molecule has 1 rings (SSSR count). The van der Waals surface area contributed by atoms with Crippen LogP contribution in [-0.2, 0) is 0 Å². The van der Waals surface area contributed by atoms with Crippen molar-refractivity contribution in [2.24, 2.45) is 11.8 Å². The number of halogens is 2. The van der Waals surface area contributed by atoms with E-state index in [1.54, 1.807) is 0 Å². The lowest BCUT2D eigenvalue weighted by molar-refractivity contribution is -0.0440. The van der Waals surface area contributed by atoms with Crippen LogP contribution in [-0.4, -0.2) is 17.6 Å². The fourth-order valence-corrected chi connectivity index (χ4v) is 1.80. The van der Waals surface area contributed by atoms with Gasteiger partial charge in [0.1, 0.15) is 0 Å². The average Bonchev–Trinajstić information content (AvgIpc) is 2.41. The first kappa shape index (κ1) is 10.4. The molecule has 1 aliphatic rings. The standard InChI is InChI=1S/C9H13F2NO/c10-9(11)3-1-2-8(9)4-7(5-12)6-13/h7-8,13H,1-4,6H2. The van der Waals surface area contributed by atoms with Crippen molar-refractivity contribution in [1.29, 1.82) is 5.26 Å². The first-order valence-corrected chi connectivity index (χ1v) is 4.48. The summed E-state index contributed by atoms with van der Waals surface area (Å²) in [5.41, 5.74) is 0. The number of nitrogens with zero attached hydrogens (tertiary/aromatic N) is 1. The van der Waals surface area contributed by atoms with Crippen molar-refractivity contribution in [2.75, 3.05) is 6.61 Å². The van der Waals surface area contributed by atoms with Crippen molar-refractivity contribution >= 4 is 0 Å². The summed E-state index contributed by atoms with van der Waals surface area (Å²) in [7, 11) is 0. The lowest BCUT2D eigenvalue weighted by Gasteiger charge is -2.20. The zero-order chi connectivity index (χ0) is 9.90. The molecule has 1 aliphatic carbocycles. The summed E-state index contributed by atoms with van der Waals surface area (Å²) >= 11 is 0. The van der Waals surface area contributed by atoms with E-state index in [1.165, 1.54) is 0 Å². The summed E-state index contributed by atoms with van der Waals surface area (Å²) in [5.74, 6) is -3.96. The smallest absolute Gasteiger partial charge is 0.250 e. The molecule has 0 amide bonds. The Labute approximate surface area is 76.2 Å². The van der Waals surface area contributed by atoms with Crippen LogP contribution in [0.5, 0.6) is 0 Å². The van der Waals surface area contributed by atoms with Gasteiger partial charge in [-0.15, -0.1) is 0 Å². The maximum atomic E-state index is 13.1. The van der Waals surface area contributed by atoms with Gasteiger partial charge in [-0.25, -0.2) is 8.78 Å². The normalized spacial score (nSPS) is 28.3. The predicted octanol–water partition coefficient (Wildman–Crippen LogP) is 1.94. The molecule has 4 heteroatoms. The van der Waals surface area contributed by atoms with Crippen LogP contribution in [0, 0.1) is 23.2 Å². The average molecular weight is 189 g/mol. The van der Waals surface area contributed by atoms with Gasteiger partial charge in [-0.2, -0.15) is 5.26 Å². The zero-order valence-electron chi connectivity index (χ0n) is 7.34. The molecule has 0 bridgehead atoms. The van der Waals surface area contributed by atoms with Crippen LogP contribution >= 0.6 is 0 Å². The highest BCUT2D eigenvalue weighted by Gasteiger charge is 2.44. The van der Waals surface area contributed by atoms with Crippen molar-refractivity contribution in [3.63, 3.8) is 0 Å². The van der Waals surface area contributed by atoms with Gasteiger partial charge in [0.05, 0.1) is 18.6 Å². The number of aliphatic hydroxyl groups excluding tert-OH is 1. The molecule has 0 aliphatic heterocycles. The molecule has 0 radical (unpaired) electrons. The fourth-order valence-electron chi connectivity index (χ4n) is 1.80. The van der Waals surface area contributed by atoms with Gasteiger partial charge in [0, 0.05) is 12.3 Å².